The quantitative estimate of drug-likeness (QED) is 0.0222. The van der Waals surface area contributed by atoms with Crippen molar-refractivity contribution in [2.75, 3.05) is 26.4 Å². The standard InChI is InChI=1S/C36H28N10O21S3/c47-7-9-66-26-16-25(27(67-10-8-48)15-24(26)39-37-22-5-2-19(45(53)54)13-28(22)68(57,58)59)40-41-31-30(70(63,64)65)12-17-11-18(1-4-21(17)34(31)49)44-35(50)32(33(43-44)36(51)52)42-38-23-6-3-20(46(55)56)14-29(23)69(60,61)62/h1-6,11-16,43,47-49H,7-10H2,(H,51,52)(H,57,58,59)(H,60,61,62)(H,63,64,65). The van der Waals surface area contributed by atoms with Crippen molar-refractivity contribution in [1.82, 2.24) is 9.78 Å². The van der Waals surface area contributed by atoms with E-state index in [4.69, 9.17) is 9.47 Å². The van der Waals surface area contributed by atoms with E-state index in [1.54, 1.807) is 0 Å². The van der Waals surface area contributed by atoms with Gasteiger partial charge in [-0.3, -0.25) is 43.8 Å². The first-order chi connectivity index (χ1) is 32.8. The van der Waals surface area contributed by atoms with Crippen LogP contribution in [0.15, 0.2) is 123 Å². The zero-order valence-electron chi connectivity index (χ0n) is 34.4. The Hall–Kier alpha value is -8.51. The van der Waals surface area contributed by atoms with Crippen LogP contribution in [0.1, 0.15) is 10.5 Å². The number of aromatic hydroxyl groups is 1. The third-order valence-corrected chi connectivity index (χ3v) is 11.7. The summed E-state index contributed by atoms with van der Waals surface area (Å²) in [6.07, 6.45) is 0. The van der Waals surface area contributed by atoms with Crippen molar-refractivity contribution >= 4 is 92.6 Å². The number of H-pyrrole nitrogens is 1. The number of fused-ring (bicyclic) bond motifs is 1. The summed E-state index contributed by atoms with van der Waals surface area (Å²) >= 11 is 0. The first kappa shape index (κ1) is 50.9. The lowest BCUT2D eigenvalue weighted by atomic mass is 10.1. The Morgan fingerprint density at radius 2 is 1.09 bits per heavy atom. The molecule has 0 unspecified atom stereocenters. The van der Waals surface area contributed by atoms with Gasteiger partial charge in [0.05, 0.1) is 28.7 Å². The van der Waals surface area contributed by atoms with Crippen LogP contribution in [0.4, 0.5) is 45.5 Å². The van der Waals surface area contributed by atoms with Gasteiger partial charge in [-0.2, -0.15) is 25.3 Å². The molecule has 0 atom stereocenters. The summed E-state index contributed by atoms with van der Waals surface area (Å²) in [5.74, 6) is -3.41. The number of ether oxygens (including phenoxy) is 2. The van der Waals surface area contributed by atoms with E-state index in [-0.39, 0.29) is 39.3 Å². The largest absolute Gasteiger partial charge is 0.505 e. The second-order valence-electron chi connectivity index (χ2n) is 13.5. The summed E-state index contributed by atoms with van der Waals surface area (Å²) in [5, 5.41) is 86.8. The molecule has 0 aliphatic heterocycles. The zero-order chi connectivity index (χ0) is 51.5. The van der Waals surface area contributed by atoms with E-state index >= 15 is 0 Å². The van der Waals surface area contributed by atoms with Crippen LogP contribution in [0, 0.1) is 20.2 Å². The average Bonchev–Trinajstić information content (AvgIpc) is 3.63. The average molecular weight is 1030 g/mol. The minimum atomic E-state index is -5.35. The third-order valence-electron chi connectivity index (χ3n) is 9.03. The molecule has 70 heavy (non-hydrogen) atoms. The number of nitro benzene ring substituents is 2. The van der Waals surface area contributed by atoms with Crippen molar-refractivity contribution < 1.29 is 83.5 Å². The van der Waals surface area contributed by atoms with E-state index < -0.39 is 138 Å². The first-order valence-electron chi connectivity index (χ1n) is 18.6. The van der Waals surface area contributed by atoms with Gasteiger partial charge in [-0.05, 0) is 41.8 Å². The minimum absolute atomic E-state index is 0.228. The Labute approximate surface area is 388 Å². The van der Waals surface area contributed by atoms with Gasteiger partial charge in [0.25, 0.3) is 47.3 Å². The lowest BCUT2D eigenvalue weighted by Crippen LogP contribution is -2.14. The molecule has 6 rings (SSSR count). The number of azo groups is 3. The monoisotopic (exact) mass is 1030 g/mol. The van der Waals surface area contributed by atoms with Crippen LogP contribution in [0.25, 0.3) is 16.5 Å². The second-order valence-corrected chi connectivity index (χ2v) is 17.7. The molecule has 0 radical (unpaired) electrons. The number of aliphatic hydroxyl groups excluding tert-OH is 2. The number of aromatic amines is 1. The van der Waals surface area contributed by atoms with Crippen molar-refractivity contribution in [2.24, 2.45) is 30.7 Å². The van der Waals surface area contributed by atoms with Crippen LogP contribution in [0.3, 0.4) is 0 Å². The van der Waals surface area contributed by atoms with Gasteiger partial charge in [-0.1, -0.05) is 0 Å². The van der Waals surface area contributed by atoms with Gasteiger partial charge in [0.15, 0.2) is 17.1 Å². The molecule has 0 aliphatic carbocycles. The number of carboxylic acid groups (broad SMARTS) is 1. The maximum Gasteiger partial charge on any atom is 0.356 e. The van der Waals surface area contributed by atoms with Crippen LogP contribution in [0.5, 0.6) is 17.2 Å². The molecule has 31 nitrogen and oxygen atoms in total. The Kier molecular flexibility index (Phi) is 14.5. The Bertz CT molecular complexity index is 3650. The molecule has 8 N–H and O–H groups in total. The molecular formula is C36H28N10O21S3. The number of hydrogen-bond donors (Lipinski definition) is 8. The summed E-state index contributed by atoms with van der Waals surface area (Å²) in [7, 11) is -15.6. The number of phenolic OH excluding ortho intramolecular Hbond substituents is 1. The number of benzene rings is 5. The van der Waals surface area contributed by atoms with Crippen molar-refractivity contribution in [2.45, 2.75) is 14.7 Å². The van der Waals surface area contributed by atoms with Crippen molar-refractivity contribution in [3.05, 3.63) is 109 Å². The third kappa shape index (κ3) is 11.1. The number of hydrogen-bond acceptors (Lipinski definition) is 23. The highest BCUT2D eigenvalue weighted by Gasteiger charge is 2.27. The molecule has 0 amide bonds. The lowest BCUT2D eigenvalue weighted by Gasteiger charge is -2.13. The van der Waals surface area contributed by atoms with Crippen LogP contribution < -0.4 is 15.0 Å². The summed E-state index contributed by atoms with van der Waals surface area (Å²) in [6.45, 7) is -2.06. The van der Waals surface area contributed by atoms with Gasteiger partial charge in [-0.25, -0.2) is 9.48 Å². The molecule has 0 saturated carbocycles. The SMILES string of the molecule is O=C(O)c1[nH]n(-c2ccc3c(O)c(N=Nc4cc(OCCO)c(N=Nc5ccc([N+](=O)[O-])cc5S(=O)(=O)O)cc4OCCO)c(S(=O)(=O)O)cc3c2)c(=O)c1N=Nc1ccc([N+](=O)[O-])cc1S(=O)(=O)O. The van der Waals surface area contributed by atoms with Crippen molar-refractivity contribution in [3.63, 3.8) is 0 Å². The predicted octanol–water partition coefficient (Wildman–Crippen LogP) is 5.27. The van der Waals surface area contributed by atoms with Crippen LogP contribution >= 0.6 is 0 Å². The lowest BCUT2D eigenvalue weighted by molar-refractivity contribution is -0.385. The molecule has 1 aromatic heterocycles. The molecule has 1 heterocycles. The van der Waals surface area contributed by atoms with Crippen molar-refractivity contribution in [1.29, 1.82) is 0 Å². The Morgan fingerprint density at radius 1 is 0.629 bits per heavy atom. The number of non-ortho nitro benzene ring substituents is 2. The molecule has 0 spiro atoms. The number of phenols is 1. The van der Waals surface area contributed by atoms with E-state index in [1.165, 1.54) is 0 Å². The smallest absolute Gasteiger partial charge is 0.356 e. The molecule has 0 aliphatic rings. The number of carboxylic acids is 1. The highest BCUT2D eigenvalue weighted by atomic mass is 32.2. The van der Waals surface area contributed by atoms with E-state index in [2.05, 4.69) is 35.8 Å². The van der Waals surface area contributed by atoms with Gasteiger partial charge in [0.2, 0.25) is 0 Å². The second kappa shape index (κ2) is 20.0. The number of carbonyl (C=O) groups is 1. The molecule has 0 fully saturated rings. The summed E-state index contributed by atoms with van der Waals surface area (Å²) < 4.78 is 115. The normalized spacial score (nSPS) is 12.4. The van der Waals surface area contributed by atoms with Gasteiger partial charge in [-0.15, -0.1) is 30.7 Å². The molecular weight excluding hydrogens is 1000 g/mol. The number of aromatic nitrogens is 2. The number of nitrogens with zero attached hydrogens (tertiary/aromatic N) is 9. The maximum absolute atomic E-state index is 13.6. The van der Waals surface area contributed by atoms with Gasteiger partial charge >= 0.3 is 5.97 Å². The fourth-order valence-electron chi connectivity index (χ4n) is 5.99. The highest BCUT2D eigenvalue weighted by molar-refractivity contribution is 7.86. The number of nitro groups is 2. The van der Waals surface area contributed by atoms with E-state index in [1.807, 2.05) is 0 Å². The molecule has 0 saturated heterocycles. The Morgan fingerprint density at radius 3 is 1.54 bits per heavy atom. The molecule has 34 heteroatoms. The first-order valence-corrected chi connectivity index (χ1v) is 22.9. The molecule has 366 valence electrons. The number of aromatic carboxylic acids is 1. The van der Waals surface area contributed by atoms with Crippen molar-refractivity contribution in [3.8, 4) is 22.9 Å². The van der Waals surface area contributed by atoms with Gasteiger partial charge < -0.3 is 29.9 Å². The number of nitrogens with one attached hydrogen (secondary N) is 1. The van der Waals surface area contributed by atoms with Gasteiger partial charge in [0, 0.05) is 41.8 Å². The fourth-order valence-corrected chi connectivity index (χ4v) is 7.93. The van der Waals surface area contributed by atoms with Gasteiger partial charge in [0.1, 0.15) is 67.8 Å². The zero-order valence-corrected chi connectivity index (χ0v) is 36.8. The summed E-state index contributed by atoms with van der Waals surface area (Å²) in [4.78, 5) is 43.0. The van der Waals surface area contributed by atoms with Crippen LogP contribution in [-0.2, 0) is 30.4 Å². The van der Waals surface area contributed by atoms with Crippen LogP contribution in [0.2, 0.25) is 0 Å². The van der Waals surface area contributed by atoms with E-state index in [9.17, 15) is 89.2 Å². The highest BCUT2D eigenvalue weighted by Crippen LogP contribution is 2.45. The summed E-state index contributed by atoms with van der Waals surface area (Å²) in [6, 6.07) is 10.2. The molecule has 0 bridgehead atoms. The van der Waals surface area contributed by atoms with E-state index in [0.717, 1.165) is 60.7 Å². The predicted molar refractivity (Wildman–Crippen MR) is 232 cm³/mol. The van der Waals surface area contributed by atoms with E-state index in [0.29, 0.717) is 16.8 Å². The summed E-state index contributed by atoms with van der Waals surface area (Å²) in [5.41, 5.74) is -7.89. The molecule has 5 aromatic carbocycles. The number of rotatable bonds is 19. The Balaban J connectivity index is 1.44. The minimum Gasteiger partial charge on any atom is -0.505 e. The maximum atomic E-state index is 13.6. The number of aliphatic hydroxyl groups is 2. The fraction of sp³-hybridized carbons (Fsp3) is 0.111. The van der Waals surface area contributed by atoms with Crippen LogP contribution in [-0.4, -0.2) is 111 Å². The topological polar surface area (TPSA) is 478 Å². The molecule has 6 aromatic rings.